The second-order valence-electron chi connectivity index (χ2n) is 27.6. The second kappa shape index (κ2) is 33.8. The fraction of sp³-hybridized carbons (Fsp3) is 0.794. The third-order valence-electron chi connectivity index (χ3n) is 21.2. The standard InChI is InChI=1S/C40H72N2O6SSi2.C28H44N2O6S/c1-13-50(14-2,15-3)47-36-26-37(44)46-35(29(8)24-32-27-49-31(10)41-32)25-34-33(42(34)22-23-43)21-19-20-28(7)38(30(9)39(45)40(36,11)12)48-51(16-4,17-5)18-6;1-16-8-7-9-21-22(30(21)10-11-31)13-23(17(2)12-20-15-37-19(4)29-20)36-25(33)14-24(32)28(5,6)27(35)18(3)26(16)34/h24,27-28,30,33-36,38,43H,13-23,25-26H2,1-12H3;12,15-16,18,21-24,26,31-32,34H,7-11,13-14H2,1-6H3/b29-24+;17-12+/t28-,30+,33+,34?,35?,36-,38-,42?;16-,18+,21+,22?,23?,24-,26-,30?/m00/s1. The van der Waals surface area contributed by atoms with E-state index in [1.54, 1.807) is 43.4 Å². The maximum atomic E-state index is 15.0. The summed E-state index contributed by atoms with van der Waals surface area (Å²) < 4.78 is 26.8. The summed E-state index contributed by atoms with van der Waals surface area (Å²) in [4.78, 5) is 69.2. The molecule has 6 heterocycles. The van der Waals surface area contributed by atoms with Crippen LogP contribution < -0.4 is 0 Å². The third kappa shape index (κ3) is 19.6. The molecule has 6 rings (SSSR count). The van der Waals surface area contributed by atoms with Crippen molar-refractivity contribution in [2.24, 2.45) is 34.5 Å². The molecule has 4 saturated heterocycles. The number of esters is 2. The number of hydrogen-bond acceptors (Lipinski definition) is 18. The summed E-state index contributed by atoms with van der Waals surface area (Å²) in [6.07, 6.45) is 6.63. The lowest BCUT2D eigenvalue weighted by Gasteiger charge is -2.44. The van der Waals surface area contributed by atoms with Crippen molar-refractivity contribution in [1.82, 2.24) is 19.8 Å². The smallest absolute Gasteiger partial charge is 0.309 e. The Morgan fingerprint density at radius 1 is 0.614 bits per heavy atom. The van der Waals surface area contributed by atoms with Crippen molar-refractivity contribution in [3.63, 3.8) is 0 Å². The number of fused-ring (bicyclic) bond motifs is 2. The van der Waals surface area contributed by atoms with Gasteiger partial charge in [0.25, 0.3) is 0 Å². The van der Waals surface area contributed by atoms with E-state index in [-0.39, 0.29) is 85.6 Å². The molecule has 0 radical (unpaired) electrons. The molecule has 0 amide bonds. The summed E-state index contributed by atoms with van der Waals surface area (Å²) in [5.41, 5.74) is 1.36. The van der Waals surface area contributed by atoms with Crippen LogP contribution in [0.1, 0.15) is 196 Å². The van der Waals surface area contributed by atoms with Crippen LogP contribution in [0.4, 0.5) is 0 Å². The van der Waals surface area contributed by atoms with Gasteiger partial charge in [0.2, 0.25) is 0 Å². The first-order valence-corrected chi connectivity index (χ1v) is 40.4. The zero-order valence-corrected chi connectivity index (χ0v) is 60.8. The van der Waals surface area contributed by atoms with Crippen LogP contribution in [-0.4, -0.2) is 167 Å². The molecule has 4 aliphatic heterocycles. The number of aliphatic hydroxyl groups is 4. The van der Waals surface area contributed by atoms with Crippen molar-refractivity contribution in [2.75, 3.05) is 26.3 Å². The van der Waals surface area contributed by atoms with Gasteiger partial charge in [0.05, 0.1) is 77.3 Å². The van der Waals surface area contributed by atoms with Crippen LogP contribution >= 0.6 is 22.7 Å². The van der Waals surface area contributed by atoms with Gasteiger partial charge in [-0.05, 0) is 125 Å². The maximum absolute atomic E-state index is 15.0. The van der Waals surface area contributed by atoms with E-state index in [0.29, 0.717) is 32.0 Å². The largest absolute Gasteiger partial charge is 0.458 e. The van der Waals surface area contributed by atoms with Crippen LogP contribution in [0.5, 0.6) is 0 Å². The zero-order chi connectivity index (χ0) is 65.6. The number of rotatable bonds is 18. The van der Waals surface area contributed by atoms with Crippen molar-refractivity contribution in [2.45, 2.75) is 286 Å². The lowest BCUT2D eigenvalue weighted by Crippen LogP contribution is -2.53. The molecule has 0 spiro atoms. The summed E-state index contributed by atoms with van der Waals surface area (Å²) >= 11 is 3.16. The average Bonchev–Trinajstić information content (AvgIpc) is 2.05. The van der Waals surface area contributed by atoms with Crippen LogP contribution in [0.3, 0.4) is 0 Å². The van der Waals surface area contributed by atoms with E-state index in [2.05, 4.69) is 75.2 Å². The molecule has 2 aromatic rings. The summed E-state index contributed by atoms with van der Waals surface area (Å²) in [5, 5.41) is 47.3. The number of hydrogen-bond donors (Lipinski definition) is 4. The number of β-amino-alcohol motifs (C(OH)–C–C–N with tert-alkyl or cyclic N) is 2. The minimum Gasteiger partial charge on any atom is -0.458 e. The number of ether oxygens (including phenoxy) is 2. The number of carbonyl (C=O) groups excluding carboxylic acids is 4. The number of thiazole rings is 2. The van der Waals surface area contributed by atoms with Crippen LogP contribution in [-0.2, 0) is 37.5 Å². The van der Waals surface area contributed by atoms with E-state index in [0.717, 1.165) is 107 Å². The first-order chi connectivity index (χ1) is 41.5. The molecule has 2 aromatic heterocycles. The molecule has 4 fully saturated rings. The molecule has 4 N–H and O–H groups in total. The molecule has 4 aliphatic rings. The molecular formula is C68H116N4O12S2Si2. The van der Waals surface area contributed by atoms with Gasteiger partial charge in [0.1, 0.15) is 23.8 Å². The molecule has 0 aromatic carbocycles. The number of aromatic nitrogens is 2. The Kier molecular flexibility index (Phi) is 29.1. The highest BCUT2D eigenvalue weighted by Gasteiger charge is 2.52. The minimum absolute atomic E-state index is 0.0207. The Bertz CT molecular complexity index is 2600. The normalized spacial score (nSPS) is 32.7. The molecule has 88 heavy (non-hydrogen) atoms. The van der Waals surface area contributed by atoms with Gasteiger partial charge >= 0.3 is 11.9 Å². The second-order valence-corrected chi connectivity index (χ2v) is 39.2. The van der Waals surface area contributed by atoms with E-state index in [9.17, 15) is 39.6 Å². The number of nitrogens with zero attached hydrogens (tertiary/aromatic N) is 4. The fourth-order valence-corrected chi connectivity index (χ4v) is 21.4. The van der Waals surface area contributed by atoms with Crippen molar-refractivity contribution in [3.05, 3.63) is 43.3 Å². The molecule has 500 valence electrons. The van der Waals surface area contributed by atoms with Gasteiger partial charge in [-0.25, -0.2) is 9.97 Å². The summed E-state index contributed by atoms with van der Waals surface area (Å²) in [6, 6.07) is 6.83. The van der Waals surface area contributed by atoms with Gasteiger partial charge in [-0.1, -0.05) is 110 Å². The Balaban J connectivity index is 0.000000337. The highest BCUT2D eigenvalue weighted by Crippen LogP contribution is 2.44. The number of Topliss-reactive ketones (excluding diaryl/α,β-unsaturated/α-hetero) is 2. The molecule has 6 unspecified atom stereocenters. The van der Waals surface area contributed by atoms with Crippen molar-refractivity contribution in [3.8, 4) is 0 Å². The number of carbonyl (C=O) groups is 4. The highest BCUT2D eigenvalue weighted by molar-refractivity contribution is 7.09. The Labute approximate surface area is 539 Å². The fourth-order valence-electron chi connectivity index (χ4n) is 14.3. The van der Waals surface area contributed by atoms with E-state index in [4.69, 9.17) is 18.3 Å². The van der Waals surface area contributed by atoms with Gasteiger partial charge in [-0.15, -0.1) is 22.7 Å². The van der Waals surface area contributed by atoms with Gasteiger partial charge < -0.3 is 38.8 Å². The monoisotopic (exact) mass is 1300 g/mol. The van der Waals surface area contributed by atoms with Crippen LogP contribution in [0.15, 0.2) is 21.9 Å². The number of aliphatic hydroxyl groups excluding tert-OH is 4. The lowest BCUT2D eigenvalue weighted by atomic mass is 9.73. The molecule has 0 bridgehead atoms. The van der Waals surface area contributed by atoms with E-state index >= 15 is 0 Å². The SMILES string of the molecule is C/C(=C\c1csc(C)n1)C1CC2[C@@H](CCC[C@H](C)[C@H](O)[C@@H](C)C(=O)C(C)(C)[C@@H](O)CC(=O)O1)N2CCO.CC[Si](CC)(CC)O[C@H]1[C@@H](C)CCC[C@@H]2C(CC(/C(C)=C/c3csc(C)n3)OC(=O)C[C@H](O[Si](CC)(CC)CC)C(C)(C)C(=O)[C@@H]1C)N2CCO. The maximum Gasteiger partial charge on any atom is 0.309 e. The highest BCUT2D eigenvalue weighted by atomic mass is 32.1. The van der Waals surface area contributed by atoms with Crippen molar-refractivity contribution < 1.29 is 57.9 Å². The first-order valence-electron chi connectivity index (χ1n) is 33.6. The van der Waals surface area contributed by atoms with Gasteiger partial charge in [-0.2, -0.15) is 0 Å². The van der Waals surface area contributed by atoms with Crippen molar-refractivity contribution in [1.29, 1.82) is 0 Å². The molecule has 16 nitrogen and oxygen atoms in total. The molecule has 16 atom stereocenters. The van der Waals surface area contributed by atoms with Crippen LogP contribution in [0.2, 0.25) is 36.3 Å². The van der Waals surface area contributed by atoms with Crippen LogP contribution in [0, 0.1) is 48.3 Å². The number of aryl methyl sites for hydroxylation is 2. The summed E-state index contributed by atoms with van der Waals surface area (Å²) in [7, 11) is -4.27. The number of cyclic esters (lactones) is 2. The topological polar surface area (TPSA) is 218 Å². The molecule has 0 aliphatic carbocycles. The quantitative estimate of drug-likeness (QED) is 0.0620. The predicted molar refractivity (Wildman–Crippen MR) is 360 cm³/mol. The van der Waals surface area contributed by atoms with Gasteiger partial charge in [0, 0.05) is 78.1 Å². The average molecular weight is 1300 g/mol. The lowest BCUT2D eigenvalue weighted by molar-refractivity contribution is -0.155. The third-order valence-corrected chi connectivity index (χ3v) is 32.1. The zero-order valence-electron chi connectivity index (χ0n) is 57.2. The Morgan fingerprint density at radius 3 is 1.43 bits per heavy atom. The van der Waals surface area contributed by atoms with E-state index in [1.807, 2.05) is 71.4 Å². The predicted octanol–water partition coefficient (Wildman–Crippen LogP) is 12.8. The molecule has 0 saturated carbocycles. The minimum atomic E-state index is -2.23. The van der Waals surface area contributed by atoms with Gasteiger partial charge in [-0.3, -0.25) is 29.0 Å². The van der Waals surface area contributed by atoms with E-state index < -0.39 is 69.9 Å². The number of ketones is 2. The van der Waals surface area contributed by atoms with Crippen LogP contribution in [0.25, 0.3) is 12.2 Å². The van der Waals surface area contributed by atoms with E-state index in [1.165, 1.54) is 0 Å². The molecule has 20 heteroatoms. The first kappa shape index (κ1) is 75.9. The Hall–Kier alpha value is -2.87. The summed E-state index contributed by atoms with van der Waals surface area (Å²) in [6.45, 7) is 37.8. The molecular weight excluding hydrogens is 1190 g/mol. The van der Waals surface area contributed by atoms with Gasteiger partial charge in [0.15, 0.2) is 16.6 Å². The summed E-state index contributed by atoms with van der Waals surface area (Å²) in [5.74, 6) is -1.93. The van der Waals surface area contributed by atoms with Crippen molar-refractivity contribution >= 4 is 75.0 Å². The Morgan fingerprint density at radius 2 is 1.02 bits per heavy atom.